The Balaban J connectivity index is 1.76. The first-order valence-corrected chi connectivity index (χ1v) is 6.34. The van der Waals surface area contributed by atoms with Gasteiger partial charge in [-0.15, -0.1) is 0 Å². The number of hydrogen-bond donors (Lipinski definition) is 3. The highest BCUT2D eigenvalue weighted by molar-refractivity contribution is 5.76. The van der Waals surface area contributed by atoms with E-state index in [1.807, 2.05) is 6.92 Å². The monoisotopic (exact) mass is 279 g/mol. The Morgan fingerprint density at radius 3 is 2.75 bits per heavy atom. The van der Waals surface area contributed by atoms with Crippen LogP contribution in [0.1, 0.15) is 23.8 Å². The number of nitrogens with zero attached hydrogens (tertiary/aromatic N) is 1. The van der Waals surface area contributed by atoms with Crippen LogP contribution in [0, 0.1) is 19.8 Å². The molecule has 0 radical (unpaired) electrons. The summed E-state index contributed by atoms with van der Waals surface area (Å²) in [6.07, 6.45) is 3.66. The van der Waals surface area contributed by atoms with E-state index >= 15 is 0 Å². The van der Waals surface area contributed by atoms with E-state index < -0.39 is 11.9 Å². The standard InChI is InChI=1S/C13H17N3O4/c1-7-8(2)20-11(15-7)6-14-13(19)16-10-4-3-9(5-10)12(17)18/h3-4,9-10H,5-6H2,1-2H3,(H,17,18)(H2,14,16,19). The van der Waals surface area contributed by atoms with Crippen LogP contribution >= 0.6 is 0 Å². The largest absolute Gasteiger partial charge is 0.481 e. The van der Waals surface area contributed by atoms with E-state index in [-0.39, 0.29) is 18.6 Å². The van der Waals surface area contributed by atoms with Crippen molar-refractivity contribution < 1.29 is 19.1 Å². The predicted octanol–water partition coefficient (Wildman–Crippen LogP) is 1.12. The summed E-state index contributed by atoms with van der Waals surface area (Å²) in [7, 11) is 0. The Bertz CT molecular complexity index is 530. The Morgan fingerprint density at radius 1 is 1.45 bits per heavy atom. The molecule has 0 spiro atoms. The van der Waals surface area contributed by atoms with Crippen LogP contribution < -0.4 is 10.6 Å². The molecule has 0 fully saturated rings. The summed E-state index contributed by atoms with van der Waals surface area (Å²) in [5, 5.41) is 14.2. The van der Waals surface area contributed by atoms with Crippen LogP contribution in [0.4, 0.5) is 4.79 Å². The highest BCUT2D eigenvalue weighted by Gasteiger charge is 2.25. The molecule has 2 amide bonds. The summed E-state index contributed by atoms with van der Waals surface area (Å²) in [6.45, 7) is 3.83. The number of carbonyl (C=O) groups excluding carboxylic acids is 1. The number of oxazole rings is 1. The number of carbonyl (C=O) groups is 2. The molecule has 1 aliphatic carbocycles. The summed E-state index contributed by atoms with van der Waals surface area (Å²) in [6, 6.07) is -0.636. The predicted molar refractivity (Wildman–Crippen MR) is 70.0 cm³/mol. The molecule has 20 heavy (non-hydrogen) atoms. The summed E-state index contributed by atoms with van der Waals surface area (Å²) < 4.78 is 5.34. The molecule has 2 atom stereocenters. The van der Waals surface area contributed by atoms with Gasteiger partial charge in [-0.25, -0.2) is 9.78 Å². The molecule has 0 aliphatic heterocycles. The average Bonchev–Trinajstić information content (AvgIpc) is 2.95. The third kappa shape index (κ3) is 3.37. The fraction of sp³-hybridized carbons (Fsp3) is 0.462. The summed E-state index contributed by atoms with van der Waals surface area (Å²) in [5.41, 5.74) is 0.797. The number of aromatic nitrogens is 1. The lowest BCUT2D eigenvalue weighted by molar-refractivity contribution is -0.140. The summed E-state index contributed by atoms with van der Waals surface area (Å²) >= 11 is 0. The van der Waals surface area contributed by atoms with Gasteiger partial charge < -0.3 is 20.2 Å². The number of nitrogens with one attached hydrogen (secondary N) is 2. The van der Waals surface area contributed by atoms with Crippen LogP contribution in [0.2, 0.25) is 0 Å². The van der Waals surface area contributed by atoms with Gasteiger partial charge in [-0.05, 0) is 20.3 Å². The Hall–Kier alpha value is -2.31. The number of amides is 2. The van der Waals surface area contributed by atoms with E-state index in [2.05, 4.69) is 15.6 Å². The molecule has 0 aromatic carbocycles. The Morgan fingerprint density at radius 2 is 2.20 bits per heavy atom. The number of aliphatic carboxylic acids is 1. The van der Waals surface area contributed by atoms with E-state index in [1.54, 1.807) is 19.1 Å². The third-order valence-electron chi connectivity index (χ3n) is 3.19. The van der Waals surface area contributed by atoms with Crippen LogP contribution in [-0.4, -0.2) is 28.1 Å². The van der Waals surface area contributed by atoms with Gasteiger partial charge >= 0.3 is 12.0 Å². The molecule has 1 heterocycles. The lowest BCUT2D eigenvalue weighted by Gasteiger charge is -2.12. The zero-order chi connectivity index (χ0) is 14.7. The minimum atomic E-state index is -0.878. The zero-order valence-electron chi connectivity index (χ0n) is 11.3. The van der Waals surface area contributed by atoms with Gasteiger partial charge in [0, 0.05) is 0 Å². The first kappa shape index (κ1) is 14.1. The maximum Gasteiger partial charge on any atom is 0.315 e. The summed E-state index contributed by atoms with van der Waals surface area (Å²) in [4.78, 5) is 26.6. The van der Waals surface area contributed by atoms with E-state index in [0.717, 1.165) is 11.5 Å². The van der Waals surface area contributed by atoms with Gasteiger partial charge in [0.25, 0.3) is 0 Å². The molecular weight excluding hydrogens is 262 g/mol. The van der Waals surface area contributed by atoms with Gasteiger partial charge in [-0.2, -0.15) is 0 Å². The quantitative estimate of drug-likeness (QED) is 0.716. The highest BCUT2D eigenvalue weighted by Crippen LogP contribution is 2.17. The number of hydrogen-bond acceptors (Lipinski definition) is 4. The molecule has 0 saturated carbocycles. The third-order valence-corrected chi connectivity index (χ3v) is 3.19. The number of rotatable bonds is 4. The maximum atomic E-state index is 11.7. The molecule has 1 aromatic heterocycles. The van der Waals surface area contributed by atoms with Crippen molar-refractivity contribution in [2.45, 2.75) is 32.9 Å². The van der Waals surface area contributed by atoms with Crippen LogP contribution in [0.5, 0.6) is 0 Å². The molecule has 7 heteroatoms. The van der Waals surface area contributed by atoms with Crippen molar-refractivity contribution in [2.75, 3.05) is 0 Å². The maximum absolute atomic E-state index is 11.7. The molecule has 1 aromatic rings. The second-order valence-electron chi connectivity index (χ2n) is 4.75. The van der Waals surface area contributed by atoms with Crippen molar-refractivity contribution in [1.82, 2.24) is 15.6 Å². The normalized spacial score (nSPS) is 20.9. The van der Waals surface area contributed by atoms with Crippen LogP contribution in [-0.2, 0) is 11.3 Å². The Kier molecular flexibility index (Phi) is 4.07. The van der Waals surface area contributed by atoms with Crippen molar-refractivity contribution in [3.8, 4) is 0 Å². The molecule has 108 valence electrons. The number of aryl methyl sites for hydroxylation is 2. The van der Waals surface area contributed by atoms with E-state index in [1.165, 1.54) is 0 Å². The van der Waals surface area contributed by atoms with Crippen molar-refractivity contribution >= 4 is 12.0 Å². The lowest BCUT2D eigenvalue weighted by atomic mass is 10.1. The number of urea groups is 1. The van der Waals surface area contributed by atoms with Crippen LogP contribution in [0.25, 0.3) is 0 Å². The van der Waals surface area contributed by atoms with Crippen LogP contribution in [0.15, 0.2) is 16.6 Å². The van der Waals surface area contributed by atoms with Crippen LogP contribution in [0.3, 0.4) is 0 Å². The lowest BCUT2D eigenvalue weighted by Crippen LogP contribution is -2.40. The fourth-order valence-corrected chi connectivity index (χ4v) is 1.98. The van der Waals surface area contributed by atoms with E-state index in [9.17, 15) is 9.59 Å². The molecule has 2 unspecified atom stereocenters. The molecule has 1 aliphatic rings. The fourth-order valence-electron chi connectivity index (χ4n) is 1.98. The average molecular weight is 279 g/mol. The second kappa shape index (κ2) is 5.77. The molecule has 0 saturated heterocycles. The highest BCUT2D eigenvalue weighted by atomic mass is 16.4. The van der Waals surface area contributed by atoms with Gasteiger partial charge in [-0.1, -0.05) is 12.2 Å². The van der Waals surface area contributed by atoms with Crippen molar-refractivity contribution in [2.24, 2.45) is 5.92 Å². The second-order valence-corrected chi connectivity index (χ2v) is 4.75. The van der Waals surface area contributed by atoms with Crippen molar-refractivity contribution in [3.05, 3.63) is 29.5 Å². The molecule has 2 rings (SSSR count). The number of carboxylic acids is 1. The van der Waals surface area contributed by atoms with E-state index in [0.29, 0.717) is 12.3 Å². The molecule has 0 bridgehead atoms. The minimum Gasteiger partial charge on any atom is -0.481 e. The van der Waals surface area contributed by atoms with Gasteiger partial charge in [-0.3, -0.25) is 4.79 Å². The Labute approximate surface area is 116 Å². The topological polar surface area (TPSA) is 104 Å². The van der Waals surface area contributed by atoms with Gasteiger partial charge in [0.1, 0.15) is 5.76 Å². The summed E-state index contributed by atoms with van der Waals surface area (Å²) in [5.74, 6) is -0.236. The first-order chi connectivity index (χ1) is 9.45. The molecule has 7 nitrogen and oxygen atoms in total. The van der Waals surface area contributed by atoms with E-state index in [4.69, 9.17) is 9.52 Å². The SMILES string of the molecule is Cc1nc(CNC(=O)NC2C=CC(C(=O)O)C2)oc1C. The van der Waals surface area contributed by atoms with Crippen molar-refractivity contribution in [1.29, 1.82) is 0 Å². The molecule has 3 N–H and O–H groups in total. The first-order valence-electron chi connectivity index (χ1n) is 6.34. The molecular formula is C13H17N3O4. The van der Waals surface area contributed by atoms with Gasteiger partial charge in [0.05, 0.1) is 24.2 Å². The van der Waals surface area contributed by atoms with Gasteiger partial charge in [0.2, 0.25) is 5.89 Å². The van der Waals surface area contributed by atoms with Crippen molar-refractivity contribution in [3.63, 3.8) is 0 Å². The number of carboxylic acid groups (broad SMARTS) is 1. The minimum absolute atomic E-state index is 0.194. The van der Waals surface area contributed by atoms with Gasteiger partial charge in [0.15, 0.2) is 0 Å². The smallest absolute Gasteiger partial charge is 0.315 e. The zero-order valence-corrected chi connectivity index (χ0v) is 11.3.